The monoisotopic (exact) mass is 441 g/mol. The van der Waals surface area contributed by atoms with E-state index in [0.717, 1.165) is 34.6 Å². The molecular formula is C18H23N3O4S3. The van der Waals surface area contributed by atoms with Gasteiger partial charge in [-0.15, -0.1) is 22.7 Å². The molecule has 0 bridgehead atoms. The molecule has 152 valence electrons. The second-order valence-corrected chi connectivity index (χ2v) is 10.9. The number of rotatable bonds is 5. The maximum absolute atomic E-state index is 13.0. The summed E-state index contributed by atoms with van der Waals surface area (Å²) >= 11 is 2.47. The molecule has 0 saturated carbocycles. The van der Waals surface area contributed by atoms with E-state index in [0.29, 0.717) is 23.5 Å². The minimum absolute atomic E-state index is 0.237. The van der Waals surface area contributed by atoms with E-state index in [9.17, 15) is 18.0 Å². The number of nitrogens with one attached hydrogen (secondary N) is 2. The molecule has 1 aliphatic heterocycles. The largest absolute Gasteiger partial charge is 0.355 e. The molecule has 2 aromatic rings. The minimum atomic E-state index is -3.72. The molecule has 0 aliphatic carbocycles. The third kappa shape index (κ3) is 3.86. The topological polar surface area (TPSA) is 95.6 Å². The first-order valence-corrected chi connectivity index (χ1v) is 12.1. The molecule has 7 nitrogen and oxygen atoms in total. The van der Waals surface area contributed by atoms with Crippen LogP contribution in [-0.2, 0) is 14.8 Å². The minimum Gasteiger partial charge on any atom is -0.355 e. The van der Waals surface area contributed by atoms with Gasteiger partial charge in [0, 0.05) is 18.5 Å². The number of amides is 2. The summed E-state index contributed by atoms with van der Waals surface area (Å²) in [7, 11) is -2.19. The Kier molecular flexibility index (Phi) is 6.23. The van der Waals surface area contributed by atoms with E-state index in [1.54, 1.807) is 17.5 Å². The molecule has 0 spiro atoms. The highest BCUT2D eigenvalue weighted by atomic mass is 32.2. The van der Waals surface area contributed by atoms with Gasteiger partial charge in [-0.25, -0.2) is 8.42 Å². The van der Waals surface area contributed by atoms with Gasteiger partial charge >= 0.3 is 0 Å². The molecular weight excluding hydrogens is 418 g/mol. The number of thiophene rings is 2. The number of piperidine rings is 1. The Balaban J connectivity index is 1.89. The van der Waals surface area contributed by atoms with Crippen molar-refractivity contribution < 1.29 is 18.0 Å². The molecule has 10 heteroatoms. The lowest BCUT2D eigenvalue weighted by molar-refractivity contribution is -0.120. The van der Waals surface area contributed by atoms with Crippen LogP contribution in [0.2, 0.25) is 0 Å². The fourth-order valence-corrected chi connectivity index (χ4v) is 7.13. The zero-order chi connectivity index (χ0) is 20.5. The van der Waals surface area contributed by atoms with Crippen molar-refractivity contribution in [1.29, 1.82) is 0 Å². The van der Waals surface area contributed by atoms with Crippen LogP contribution < -0.4 is 10.6 Å². The zero-order valence-electron chi connectivity index (χ0n) is 15.9. The molecule has 2 aromatic heterocycles. The average molecular weight is 442 g/mol. The van der Waals surface area contributed by atoms with Crippen LogP contribution in [0.5, 0.6) is 0 Å². The number of hydrogen-bond donors (Lipinski definition) is 2. The number of hydrogen-bond acceptors (Lipinski definition) is 6. The summed E-state index contributed by atoms with van der Waals surface area (Å²) in [5.74, 6) is -0.671. The first kappa shape index (κ1) is 21.0. The van der Waals surface area contributed by atoms with Crippen molar-refractivity contribution in [3.05, 3.63) is 33.5 Å². The van der Waals surface area contributed by atoms with Crippen molar-refractivity contribution in [2.45, 2.75) is 43.4 Å². The summed E-state index contributed by atoms with van der Waals surface area (Å²) in [6.07, 6.45) is 1.95. The fourth-order valence-electron chi connectivity index (χ4n) is 3.29. The van der Waals surface area contributed by atoms with Crippen molar-refractivity contribution in [3.8, 4) is 0 Å². The number of sulfonamides is 1. The first-order chi connectivity index (χ1) is 13.3. The predicted octanol–water partition coefficient (Wildman–Crippen LogP) is 2.97. The zero-order valence-corrected chi connectivity index (χ0v) is 18.4. The highest BCUT2D eigenvalue weighted by molar-refractivity contribution is 7.91. The lowest BCUT2D eigenvalue weighted by Crippen LogP contribution is -2.49. The van der Waals surface area contributed by atoms with Crippen LogP contribution in [0.4, 0.5) is 5.00 Å². The SMILES string of the molecule is CNC(=O)c1c(NC(=O)[C@@H]2CCCCN2S(=O)(=O)c2cccs2)sc(C)c1C. The molecule has 2 N–H and O–H groups in total. The van der Waals surface area contributed by atoms with Crippen LogP contribution in [0.3, 0.4) is 0 Å². The molecule has 3 heterocycles. The van der Waals surface area contributed by atoms with Crippen molar-refractivity contribution in [3.63, 3.8) is 0 Å². The third-order valence-electron chi connectivity index (χ3n) is 4.89. The molecule has 1 fully saturated rings. The van der Waals surface area contributed by atoms with Gasteiger partial charge in [-0.1, -0.05) is 12.5 Å². The molecule has 1 aliphatic rings. The summed E-state index contributed by atoms with van der Waals surface area (Å²) in [4.78, 5) is 26.2. The maximum Gasteiger partial charge on any atom is 0.254 e. The van der Waals surface area contributed by atoms with Gasteiger partial charge in [-0.05, 0) is 43.7 Å². The van der Waals surface area contributed by atoms with Crippen LogP contribution in [0, 0.1) is 13.8 Å². The molecule has 3 rings (SSSR count). The quantitative estimate of drug-likeness (QED) is 0.746. The van der Waals surface area contributed by atoms with Crippen LogP contribution in [0.15, 0.2) is 21.7 Å². The first-order valence-electron chi connectivity index (χ1n) is 8.95. The second kappa shape index (κ2) is 8.32. The Labute approximate surface area is 172 Å². The van der Waals surface area contributed by atoms with Crippen molar-refractivity contribution in [1.82, 2.24) is 9.62 Å². The standard InChI is InChI=1S/C18H23N3O4S3/c1-11-12(2)27-18(15(11)17(23)19-3)20-16(22)13-7-4-5-9-21(13)28(24,25)14-8-6-10-26-14/h6,8,10,13H,4-5,7,9H2,1-3H3,(H,19,23)(H,20,22)/t13-/m0/s1. The molecule has 0 radical (unpaired) electrons. The van der Waals surface area contributed by atoms with E-state index in [-0.39, 0.29) is 10.1 Å². The lowest BCUT2D eigenvalue weighted by atomic mass is 10.0. The predicted molar refractivity (Wildman–Crippen MR) is 112 cm³/mol. The Hall–Kier alpha value is -1.75. The number of carbonyl (C=O) groups is 2. The number of aryl methyl sites for hydroxylation is 1. The Morgan fingerprint density at radius 1 is 1.25 bits per heavy atom. The second-order valence-electron chi connectivity index (χ2n) is 6.62. The number of carbonyl (C=O) groups excluding carboxylic acids is 2. The van der Waals surface area contributed by atoms with Gasteiger partial charge in [-0.2, -0.15) is 4.31 Å². The lowest BCUT2D eigenvalue weighted by Gasteiger charge is -2.33. The van der Waals surface area contributed by atoms with Crippen molar-refractivity contribution in [2.75, 3.05) is 18.9 Å². The molecule has 1 atom stereocenters. The van der Waals surface area contributed by atoms with Gasteiger partial charge < -0.3 is 10.6 Å². The summed E-state index contributed by atoms with van der Waals surface area (Å²) in [5, 5.41) is 7.58. The van der Waals surface area contributed by atoms with E-state index in [4.69, 9.17) is 0 Å². The van der Waals surface area contributed by atoms with Crippen LogP contribution in [0.1, 0.15) is 40.1 Å². The van der Waals surface area contributed by atoms with Gasteiger partial charge in [0.25, 0.3) is 15.9 Å². The van der Waals surface area contributed by atoms with E-state index in [2.05, 4.69) is 10.6 Å². The summed E-state index contributed by atoms with van der Waals surface area (Å²) < 4.78 is 27.5. The number of anilines is 1. The van der Waals surface area contributed by atoms with Gasteiger partial charge in [0.2, 0.25) is 5.91 Å². The van der Waals surface area contributed by atoms with E-state index in [1.165, 1.54) is 22.7 Å². The molecule has 0 aromatic carbocycles. The smallest absolute Gasteiger partial charge is 0.254 e. The van der Waals surface area contributed by atoms with Crippen molar-refractivity contribution in [2.24, 2.45) is 0 Å². The average Bonchev–Trinajstić information content (AvgIpc) is 3.31. The van der Waals surface area contributed by atoms with Crippen molar-refractivity contribution >= 4 is 49.5 Å². The Morgan fingerprint density at radius 2 is 2.00 bits per heavy atom. The molecule has 1 saturated heterocycles. The Morgan fingerprint density at radius 3 is 2.64 bits per heavy atom. The van der Waals surface area contributed by atoms with E-state index in [1.807, 2.05) is 13.8 Å². The van der Waals surface area contributed by atoms with E-state index >= 15 is 0 Å². The Bertz CT molecular complexity index is 980. The summed E-state index contributed by atoms with van der Waals surface area (Å²) in [5.41, 5.74) is 1.24. The fraction of sp³-hybridized carbons (Fsp3) is 0.444. The maximum atomic E-state index is 13.0. The van der Waals surface area contributed by atoms with Gasteiger partial charge in [0.05, 0.1) is 5.56 Å². The summed E-state index contributed by atoms with van der Waals surface area (Å²) in [6.45, 7) is 4.03. The summed E-state index contributed by atoms with van der Waals surface area (Å²) in [6, 6.07) is 2.45. The highest BCUT2D eigenvalue weighted by Gasteiger charge is 2.38. The van der Waals surface area contributed by atoms with Gasteiger partial charge in [0.1, 0.15) is 15.3 Å². The van der Waals surface area contributed by atoms with Crippen LogP contribution >= 0.6 is 22.7 Å². The van der Waals surface area contributed by atoms with Crippen LogP contribution in [-0.4, -0.2) is 44.2 Å². The third-order valence-corrected chi connectivity index (χ3v) is 9.29. The number of nitrogens with zero attached hydrogens (tertiary/aromatic N) is 1. The molecule has 28 heavy (non-hydrogen) atoms. The van der Waals surface area contributed by atoms with Gasteiger partial charge in [0.15, 0.2) is 0 Å². The molecule has 2 amide bonds. The van der Waals surface area contributed by atoms with E-state index < -0.39 is 22.0 Å². The molecule has 0 unspecified atom stereocenters. The normalized spacial score (nSPS) is 18.0. The van der Waals surface area contributed by atoms with Crippen LogP contribution in [0.25, 0.3) is 0 Å². The van der Waals surface area contributed by atoms with Gasteiger partial charge in [-0.3, -0.25) is 9.59 Å². The highest BCUT2D eigenvalue weighted by Crippen LogP contribution is 2.34.